The molecule has 1 unspecified atom stereocenters. The molecule has 7 nitrogen and oxygen atoms in total. The number of fused-ring (bicyclic) bond motifs is 2. The van der Waals surface area contributed by atoms with Gasteiger partial charge in [0.15, 0.2) is 0 Å². The number of hydrogen-bond acceptors (Lipinski definition) is 5. The minimum absolute atomic E-state index is 0.0398. The summed E-state index contributed by atoms with van der Waals surface area (Å²) in [7, 11) is 0. The highest BCUT2D eigenvalue weighted by Gasteiger charge is 2.32. The summed E-state index contributed by atoms with van der Waals surface area (Å²) < 4.78 is 12.0. The van der Waals surface area contributed by atoms with Crippen molar-refractivity contribution >= 4 is 17.6 Å². The van der Waals surface area contributed by atoms with Gasteiger partial charge in [0, 0.05) is 18.9 Å². The van der Waals surface area contributed by atoms with Crippen LogP contribution in [0.2, 0.25) is 0 Å². The summed E-state index contributed by atoms with van der Waals surface area (Å²) in [5.74, 6) is 0.0772. The van der Waals surface area contributed by atoms with Crippen molar-refractivity contribution in [1.29, 1.82) is 0 Å². The van der Waals surface area contributed by atoms with E-state index in [-0.39, 0.29) is 13.0 Å². The first-order chi connectivity index (χ1) is 18.5. The van der Waals surface area contributed by atoms with Crippen molar-refractivity contribution < 1.29 is 29.3 Å². The second kappa shape index (κ2) is 11.6. The standard InChI is InChI=1S/C31H33NO6/c33-29(34)9-4-16-32-19-28(31(35)36)38-30-23(7-3-8-27(30)32)13-10-21-11-14-26(15-12-21)37-20-22-17-24-5-1-2-6-25(24)18-22/h1-3,5-8,11-12,14-15,22,28H,4,9-10,13,16-20H2,(H,33,34)(H,35,36). The molecule has 1 aliphatic carbocycles. The fourth-order valence-corrected chi connectivity index (χ4v) is 5.41. The minimum Gasteiger partial charge on any atom is -0.493 e. The molecule has 2 N–H and O–H groups in total. The van der Waals surface area contributed by atoms with Gasteiger partial charge in [-0.15, -0.1) is 0 Å². The maximum Gasteiger partial charge on any atom is 0.346 e. The summed E-state index contributed by atoms with van der Waals surface area (Å²) in [6.07, 6.45) is 3.09. The summed E-state index contributed by atoms with van der Waals surface area (Å²) in [5, 5.41) is 18.6. The molecule has 3 aromatic carbocycles. The molecule has 2 aliphatic rings. The van der Waals surface area contributed by atoms with Crippen LogP contribution in [0, 0.1) is 5.92 Å². The average molecular weight is 516 g/mol. The summed E-state index contributed by atoms with van der Waals surface area (Å²) in [4.78, 5) is 24.6. The Morgan fingerprint density at radius 2 is 1.66 bits per heavy atom. The lowest BCUT2D eigenvalue weighted by atomic mass is 10.0. The number of para-hydroxylation sites is 1. The second-order valence-corrected chi connectivity index (χ2v) is 10.2. The number of hydrogen-bond donors (Lipinski definition) is 2. The van der Waals surface area contributed by atoms with Gasteiger partial charge < -0.3 is 24.6 Å². The van der Waals surface area contributed by atoms with Crippen LogP contribution in [0.3, 0.4) is 0 Å². The minimum atomic E-state index is -1.02. The van der Waals surface area contributed by atoms with Crippen molar-refractivity contribution in [2.45, 2.75) is 44.6 Å². The molecule has 0 aromatic heterocycles. The first kappa shape index (κ1) is 25.6. The smallest absolute Gasteiger partial charge is 0.346 e. The molecule has 0 amide bonds. The van der Waals surface area contributed by atoms with Gasteiger partial charge in [0.1, 0.15) is 11.5 Å². The molecule has 7 heteroatoms. The van der Waals surface area contributed by atoms with Gasteiger partial charge in [0.2, 0.25) is 6.10 Å². The first-order valence-electron chi connectivity index (χ1n) is 13.2. The van der Waals surface area contributed by atoms with Crippen molar-refractivity contribution in [2.24, 2.45) is 5.92 Å². The van der Waals surface area contributed by atoms with E-state index >= 15 is 0 Å². The molecular formula is C31H33NO6. The summed E-state index contributed by atoms with van der Waals surface area (Å²) in [6, 6.07) is 22.6. The molecule has 0 saturated carbocycles. The van der Waals surface area contributed by atoms with E-state index in [9.17, 15) is 14.7 Å². The third-order valence-corrected chi connectivity index (χ3v) is 7.38. The zero-order valence-corrected chi connectivity index (χ0v) is 21.3. The van der Waals surface area contributed by atoms with Crippen LogP contribution < -0.4 is 14.4 Å². The Labute approximate surface area is 222 Å². The zero-order valence-electron chi connectivity index (χ0n) is 21.3. The van der Waals surface area contributed by atoms with Crippen LogP contribution in [0.5, 0.6) is 11.5 Å². The molecule has 0 radical (unpaired) electrons. The third-order valence-electron chi connectivity index (χ3n) is 7.38. The fraction of sp³-hybridized carbons (Fsp3) is 0.355. The van der Waals surface area contributed by atoms with Gasteiger partial charge >= 0.3 is 11.9 Å². The molecule has 0 saturated heterocycles. The van der Waals surface area contributed by atoms with E-state index < -0.39 is 18.0 Å². The topological polar surface area (TPSA) is 96.3 Å². The average Bonchev–Trinajstić information content (AvgIpc) is 3.34. The van der Waals surface area contributed by atoms with E-state index in [0.717, 1.165) is 41.8 Å². The Morgan fingerprint density at radius 3 is 2.34 bits per heavy atom. The number of aliphatic carboxylic acids is 2. The summed E-state index contributed by atoms with van der Waals surface area (Å²) in [5.41, 5.74) is 5.79. The molecule has 0 spiro atoms. The molecule has 5 rings (SSSR count). The van der Waals surface area contributed by atoms with Crippen molar-refractivity contribution in [3.8, 4) is 11.5 Å². The SMILES string of the molecule is O=C(O)CCCN1CC(C(=O)O)Oc2c(CCc3ccc(OCC4Cc5ccccc5C4)cc3)cccc21. The van der Waals surface area contributed by atoms with Crippen molar-refractivity contribution in [3.63, 3.8) is 0 Å². The second-order valence-electron chi connectivity index (χ2n) is 10.2. The Bertz CT molecular complexity index is 1260. The van der Waals surface area contributed by atoms with Gasteiger partial charge in [-0.1, -0.05) is 48.5 Å². The highest BCUT2D eigenvalue weighted by atomic mass is 16.5. The van der Waals surface area contributed by atoms with E-state index in [0.29, 0.717) is 37.7 Å². The predicted molar refractivity (Wildman–Crippen MR) is 144 cm³/mol. The molecule has 1 heterocycles. The quantitative estimate of drug-likeness (QED) is 0.379. The number of carboxylic acids is 2. The Morgan fingerprint density at radius 1 is 0.921 bits per heavy atom. The number of carboxylic acid groups (broad SMARTS) is 2. The first-order valence-corrected chi connectivity index (χ1v) is 13.2. The number of rotatable bonds is 11. The van der Waals surface area contributed by atoms with Crippen LogP contribution in [0.25, 0.3) is 0 Å². The number of nitrogens with zero attached hydrogens (tertiary/aromatic N) is 1. The van der Waals surface area contributed by atoms with E-state index in [2.05, 4.69) is 36.4 Å². The molecule has 1 aliphatic heterocycles. The number of benzene rings is 3. The van der Waals surface area contributed by atoms with E-state index in [4.69, 9.17) is 14.6 Å². The summed E-state index contributed by atoms with van der Waals surface area (Å²) in [6.45, 7) is 1.36. The van der Waals surface area contributed by atoms with E-state index in [1.165, 1.54) is 11.1 Å². The van der Waals surface area contributed by atoms with Crippen LogP contribution in [0.4, 0.5) is 5.69 Å². The molecule has 0 fully saturated rings. The monoisotopic (exact) mass is 515 g/mol. The highest BCUT2D eigenvalue weighted by Crippen LogP contribution is 2.37. The third kappa shape index (κ3) is 6.10. The molecule has 0 bridgehead atoms. The van der Waals surface area contributed by atoms with Crippen LogP contribution in [0.15, 0.2) is 66.7 Å². The lowest BCUT2D eigenvalue weighted by Gasteiger charge is -2.35. The maximum absolute atomic E-state index is 11.8. The fourth-order valence-electron chi connectivity index (χ4n) is 5.41. The van der Waals surface area contributed by atoms with Gasteiger partial charge in [-0.25, -0.2) is 4.79 Å². The van der Waals surface area contributed by atoms with Crippen molar-refractivity contribution in [1.82, 2.24) is 0 Å². The molecule has 198 valence electrons. The predicted octanol–water partition coefficient (Wildman–Crippen LogP) is 4.78. The number of anilines is 1. The Kier molecular flexibility index (Phi) is 7.82. The molecule has 1 atom stereocenters. The van der Waals surface area contributed by atoms with E-state index in [1.54, 1.807) is 0 Å². The lowest BCUT2D eigenvalue weighted by Crippen LogP contribution is -2.45. The van der Waals surface area contributed by atoms with Gasteiger partial charge in [0.05, 0.1) is 18.8 Å². The van der Waals surface area contributed by atoms with Crippen LogP contribution >= 0.6 is 0 Å². The maximum atomic E-state index is 11.8. The Balaban J connectivity index is 1.19. The largest absolute Gasteiger partial charge is 0.493 e. The van der Waals surface area contributed by atoms with Crippen molar-refractivity contribution in [3.05, 3.63) is 89.0 Å². The number of carbonyl (C=O) groups is 2. The lowest BCUT2D eigenvalue weighted by molar-refractivity contribution is -0.145. The van der Waals surface area contributed by atoms with Crippen LogP contribution in [0.1, 0.15) is 35.1 Å². The van der Waals surface area contributed by atoms with E-state index in [1.807, 2.05) is 35.2 Å². The highest BCUT2D eigenvalue weighted by molar-refractivity contribution is 5.77. The van der Waals surface area contributed by atoms with Crippen LogP contribution in [-0.2, 0) is 35.3 Å². The summed E-state index contributed by atoms with van der Waals surface area (Å²) >= 11 is 0. The van der Waals surface area contributed by atoms with Gasteiger partial charge in [-0.2, -0.15) is 0 Å². The normalized spacial score (nSPS) is 16.4. The Hall–Kier alpha value is -4.00. The molecule has 3 aromatic rings. The molecular weight excluding hydrogens is 482 g/mol. The molecule has 38 heavy (non-hydrogen) atoms. The van der Waals surface area contributed by atoms with Crippen molar-refractivity contribution in [2.75, 3.05) is 24.6 Å². The number of ether oxygens (including phenoxy) is 2. The van der Waals surface area contributed by atoms with Gasteiger partial charge in [0.25, 0.3) is 0 Å². The van der Waals surface area contributed by atoms with Gasteiger partial charge in [-0.3, -0.25) is 4.79 Å². The zero-order chi connectivity index (χ0) is 26.5. The number of aryl methyl sites for hydroxylation is 2. The van der Waals surface area contributed by atoms with Crippen LogP contribution in [-0.4, -0.2) is 48.0 Å². The van der Waals surface area contributed by atoms with Gasteiger partial charge in [-0.05, 0) is 72.6 Å².